The highest BCUT2D eigenvalue weighted by Gasteiger charge is 2.63. The summed E-state index contributed by atoms with van der Waals surface area (Å²) in [6.07, 6.45) is 7.57. The molecule has 0 bridgehead atoms. The van der Waals surface area contributed by atoms with Crippen molar-refractivity contribution in [1.82, 2.24) is 0 Å². The molecule has 37 heavy (non-hydrogen) atoms. The van der Waals surface area contributed by atoms with Crippen molar-refractivity contribution in [3.8, 4) is 0 Å². The van der Waals surface area contributed by atoms with E-state index >= 15 is 0 Å². The van der Waals surface area contributed by atoms with Crippen molar-refractivity contribution in [2.24, 2.45) is 46.3 Å². The van der Waals surface area contributed by atoms with Crippen LogP contribution in [0.15, 0.2) is 11.6 Å². The average molecular weight is 519 g/mol. The number of ether oxygens (including phenoxy) is 2. The van der Waals surface area contributed by atoms with Gasteiger partial charge in [0, 0.05) is 19.8 Å². The lowest BCUT2D eigenvalue weighted by atomic mass is 9.46. The Labute approximate surface area is 223 Å². The number of aliphatic hydroxyl groups is 2. The van der Waals surface area contributed by atoms with Crippen molar-refractivity contribution in [2.75, 3.05) is 0 Å². The molecule has 2 N–H and O–H groups in total. The molecule has 0 amide bonds. The number of carbonyl (C=O) groups excluding carboxylic acids is 2. The molecule has 210 valence electrons. The van der Waals surface area contributed by atoms with Gasteiger partial charge < -0.3 is 19.7 Å². The molecule has 0 unspecified atom stereocenters. The summed E-state index contributed by atoms with van der Waals surface area (Å²) in [6.45, 7) is 14.2. The summed E-state index contributed by atoms with van der Waals surface area (Å²) in [7, 11) is 0. The molecular weight excluding hydrogens is 468 g/mol. The number of hydrogen-bond acceptors (Lipinski definition) is 6. The number of esters is 2. The lowest BCUT2D eigenvalue weighted by Gasteiger charge is -2.60. The molecule has 3 saturated carbocycles. The second-order valence-corrected chi connectivity index (χ2v) is 13.7. The van der Waals surface area contributed by atoms with Crippen molar-refractivity contribution in [3.05, 3.63) is 11.6 Å². The molecule has 0 saturated heterocycles. The topological polar surface area (TPSA) is 93.1 Å². The Morgan fingerprint density at radius 3 is 2.19 bits per heavy atom. The molecule has 6 nitrogen and oxygen atoms in total. The van der Waals surface area contributed by atoms with E-state index in [9.17, 15) is 19.8 Å². The minimum absolute atomic E-state index is 0.105. The van der Waals surface area contributed by atoms with Crippen molar-refractivity contribution in [1.29, 1.82) is 0 Å². The first kappa shape index (κ1) is 28.6. The molecule has 4 aliphatic carbocycles. The minimum Gasteiger partial charge on any atom is -0.459 e. The van der Waals surface area contributed by atoms with E-state index in [4.69, 9.17) is 9.47 Å². The zero-order valence-corrected chi connectivity index (χ0v) is 24.0. The molecule has 0 aliphatic heterocycles. The summed E-state index contributed by atoms with van der Waals surface area (Å²) in [5.74, 6) is 0.975. The van der Waals surface area contributed by atoms with Crippen LogP contribution in [0.5, 0.6) is 0 Å². The number of fused-ring (bicyclic) bond motifs is 5. The standard InChI is InChI=1S/C31H50O6/c1-17(2)8-11-25(34)18(3)22-9-10-23-21-16-27(36-19(4)32)28-29(37-20(5)33)26(35)13-15-31(28,7)24(21)12-14-30(22,23)6/h16-18,22-29,34-35H,8-15H2,1-7H3/t18-,22+,23-,24-,25+,26-,27-,28-,29-,30+,31+/m0/s1. The van der Waals surface area contributed by atoms with Gasteiger partial charge in [0.15, 0.2) is 0 Å². The first-order valence-electron chi connectivity index (χ1n) is 14.7. The van der Waals surface area contributed by atoms with E-state index in [0.29, 0.717) is 30.1 Å². The zero-order valence-electron chi connectivity index (χ0n) is 24.0. The Hall–Kier alpha value is -1.40. The van der Waals surface area contributed by atoms with Gasteiger partial charge in [0.2, 0.25) is 0 Å². The first-order chi connectivity index (χ1) is 17.3. The van der Waals surface area contributed by atoms with Gasteiger partial charge in [-0.25, -0.2) is 0 Å². The maximum absolute atomic E-state index is 12.2. The highest BCUT2D eigenvalue weighted by Crippen LogP contribution is 2.67. The summed E-state index contributed by atoms with van der Waals surface area (Å²) in [4.78, 5) is 24.2. The van der Waals surface area contributed by atoms with Gasteiger partial charge in [-0.1, -0.05) is 40.2 Å². The third kappa shape index (κ3) is 5.14. The monoisotopic (exact) mass is 518 g/mol. The molecule has 6 heteroatoms. The van der Waals surface area contributed by atoms with E-state index in [-0.39, 0.29) is 34.7 Å². The zero-order chi connectivity index (χ0) is 27.3. The summed E-state index contributed by atoms with van der Waals surface area (Å²) >= 11 is 0. The molecule has 0 aromatic heterocycles. The van der Waals surface area contributed by atoms with E-state index in [1.807, 2.05) is 0 Å². The third-order valence-corrected chi connectivity index (χ3v) is 11.1. The average Bonchev–Trinajstić information content (AvgIpc) is 3.16. The lowest BCUT2D eigenvalue weighted by Crippen LogP contribution is -2.61. The predicted octanol–water partition coefficient (Wildman–Crippen LogP) is 5.44. The maximum atomic E-state index is 12.2. The fraction of sp³-hybridized carbons (Fsp3) is 0.871. The van der Waals surface area contributed by atoms with Gasteiger partial charge in [-0.2, -0.15) is 0 Å². The highest BCUT2D eigenvalue weighted by atomic mass is 16.6. The summed E-state index contributed by atoms with van der Waals surface area (Å²) in [6, 6.07) is 0. The van der Waals surface area contributed by atoms with E-state index in [0.717, 1.165) is 44.9 Å². The molecule has 0 aromatic carbocycles. The van der Waals surface area contributed by atoms with E-state index in [1.54, 1.807) is 0 Å². The predicted molar refractivity (Wildman–Crippen MR) is 142 cm³/mol. The fourth-order valence-electron chi connectivity index (χ4n) is 9.19. The van der Waals surface area contributed by atoms with Gasteiger partial charge >= 0.3 is 11.9 Å². The Morgan fingerprint density at radius 2 is 1.57 bits per heavy atom. The molecule has 11 atom stereocenters. The van der Waals surface area contributed by atoms with Crippen molar-refractivity contribution < 1.29 is 29.3 Å². The van der Waals surface area contributed by atoms with Gasteiger partial charge in [-0.05, 0) is 97.9 Å². The number of hydrogen-bond donors (Lipinski definition) is 2. The second kappa shape index (κ2) is 10.6. The molecule has 4 aliphatic rings. The SMILES string of the molecule is CC(=O)O[C@@H]1[C@@H]2[C@@H](OC(C)=O)C=C3[C@H](CC[C@]4(C)[C@@H]([C@H](C)[C@H](O)CCC(C)C)CC[C@@H]34)[C@@]2(C)CC[C@@H]1O. The van der Waals surface area contributed by atoms with Crippen LogP contribution in [0.2, 0.25) is 0 Å². The molecule has 0 heterocycles. The van der Waals surface area contributed by atoms with Gasteiger partial charge in [0.25, 0.3) is 0 Å². The molecule has 4 rings (SSSR count). The summed E-state index contributed by atoms with van der Waals surface area (Å²) in [5.41, 5.74) is 1.28. The van der Waals surface area contributed by atoms with Crippen LogP contribution in [0.1, 0.15) is 99.8 Å². The van der Waals surface area contributed by atoms with Crippen LogP contribution in [0.4, 0.5) is 0 Å². The Bertz CT molecular complexity index is 896. The Kier molecular flexibility index (Phi) is 8.22. The van der Waals surface area contributed by atoms with E-state index < -0.39 is 24.3 Å². The number of rotatable bonds is 7. The lowest BCUT2D eigenvalue weighted by molar-refractivity contribution is -0.195. The van der Waals surface area contributed by atoms with Gasteiger partial charge in [0.1, 0.15) is 12.2 Å². The molecular formula is C31H50O6. The highest BCUT2D eigenvalue weighted by molar-refractivity contribution is 5.67. The number of aliphatic hydroxyl groups excluding tert-OH is 2. The summed E-state index contributed by atoms with van der Waals surface area (Å²) in [5, 5.41) is 22.0. The van der Waals surface area contributed by atoms with Crippen molar-refractivity contribution in [2.45, 2.75) is 124 Å². The van der Waals surface area contributed by atoms with Gasteiger partial charge in [-0.3, -0.25) is 9.59 Å². The number of allylic oxidation sites excluding steroid dienone is 1. The molecule has 0 radical (unpaired) electrons. The van der Waals surface area contributed by atoms with E-state index in [1.165, 1.54) is 19.4 Å². The van der Waals surface area contributed by atoms with Crippen LogP contribution >= 0.6 is 0 Å². The molecule has 0 spiro atoms. The largest absolute Gasteiger partial charge is 0.459 e. The summed E-state index contributed by atoms with van der Waals surface area (Å²) < 4.78 is 11.6. The van der Waals surface area contributed by atoms with Crippen LogP contribution in [0.25, 0.3) is 0 Å². The van der Waals surface area contributed by atoms with E-state index in [2.05, 4.69) is 40.7 Å². The quantitative estimate of drug-likeness (QED) is 0.344. The van der Waals surface area contributed by atoms with Crippen LogP contribution in [-0.4, -0.2) is 46.6 Å². The van der Waals surface area contributed by atoms with Crippen molar-refractivity contribution >= 4 is 11.9 Å². The van der Waals surface area contributed by atoms with Gasteiger partial charge in [-0.15, -0.1) is 0 Å². The number of carbonyl (C=O) groups is 2. The van der Waals surface area contributed by atoms with Gasteiger partial charge in [0.05, 0.1) is 12.2 Å². The Morgan fingerprint density at radius 1 is 0.946 bits per heavy atom. The third-order valence-electron chi connectivity index (χ3n) is 11.1. The first-order valence-corrected chi connectivity index (χ1v) is 14.7. The van der Waals surface area contributed by atoms with Crippen LogP contribution in [0.3, 0.4) is 0 Å². The van der Waals surface area contributed by atoms with Crippen molar-refractivity contribution in [3.63, 3.8) is 0 Å². The molecule has 3 fully saturated rings. The molecule has 0 aromatic rings. The fourth-order valence-corrected chi connectivity index (χ4v) is 9.19. The smallest absolute Gasteiger partial charge is 0.303 e. The maximum Gasteiger partial charge on any atom is 0.303 e. The van der Waals surface area contributed by atoms with Crippen LogP contribution in [-0.2, 0) is 19.1 Å². The van der Waals surface area contributed by atoms with Crippen LogP contribution in [0, 0.1) is 46.3 Å². The minimum atomic E-state index is -0.757. The Balaban J connectivity index is 1.68. The second-order valence-electron chi connectivity index (χ2n) is 13.7. The van der Waals surface area contributed by atoms with Crippen LogP contribution < -0.4 is 0 Å². The normalized spacial score (nSPS) is 42.6.